The summed E-state index contributed by atoms with van der Waals surface area (Å²) >= 11 is 1.52. The van der Waals surface area contributed by atoms with Gasteiger partial charge in [-0.3, -0.25) is 9.78 Å². The Hall–Kier alpha value is -2.73. The van der Waals surface area contributed by atoms with Crippen LogP contribution in [0, 0.1) is 0 Å². The van der Waals surface area contributed by atoms with Gasteiger partial charge in [-0.1, -0.05) is 25.1 Å². The average molecular weight is 367 g/mol. The normalized spacial score (nSPS) is 10.5. The van der Waals surface area contributed by atoms with Crippen molar-refractivity contribution in [2.75, 3.05) is 6.61 Å². The highest BCUT2D eigenvalue weighted by molar-refractivity contribution is 7.13. The fourth-order valence-corrected chi connectivity index (χ4v) is 3.15. The van der Waals surface area contributed by atoms with Crippen LogP contribution >= 0.6 is 11.3 Å². The summed E-state index contributed by atoms with van der Waals surface area (Å²) in [6.07, 6.45) is 3.06. The number of aromatic nitrogens is 2. The molecule has 134 valence electrons. The van der Waals surface area contributed by atoms with Crippen LogP contribution in [-0.4, -0.2) is 22.5 Å². The number of nitrogens with one attached hydrogen (secondary N) is 1. The van der Waals surface area contributed by atoms with Crippen LogP contribution < -0.4 is 10.1 Å². The first-order chi connectivity index (χ1) is 12.7. The quantitative estimate of drug-likeness (QED) is 0.657. The lowest BCUT2D eigenvalue weighted by molar-refractivity contribution is -0.121. The number of hydrogen-bond donors (Lipinski definition) is 1. The number of thiazole rings is 1. The topological polar surface area (TPSA) is 64.1 Å². The molecule has 3 rings (SSSR count). The molecule has 2 aromatic heterocycles. The van der Waals surface area contributed by atoms with Crippen molar-refractivity contribution in [3.05, 3.63) is 65.3 Å². The van der Waals surface area contributed by atoms with Gasteiger partial charge in [0.2, 0.25) is 5.91 Å². The third kappa shape index (κ3) is 5.13. The van der Waals surface area contributed by atoms with Crippen LogP contribution in [0.4, 0.5) is 0 Å². The van der Waals surface area contributed by atoms with E-state index in [1.54, 1.807) is 6.20 Å². The lowest BCUT2D eigenvalue weighted by Crippen LogP contribution is -2.24. The summed E-state index contributed by atoms with van der Waals surface area (Å²) < 4.78 is 5.61. The van der Waals surface area contributed by atoms with E-state index in [-0.39, 0.29) is 5.91 Å². The smallest absolute Gasteiger partial charge is 0.223 e. The van der Waals surface area contributed by atoms with Crippen molar-refractivity contribution < 1.29 is 9.53 Å². The number of aryl methyl sites for hydroxylation is 1. The summed E-state index contributed by atoms with van der Waals surface area (Å²) in [5, 5.41) is 5.67. The van der Waals surface area contributed by atoms with E-state index >= 15 is 0 Å². The molecule has 0 spiro atoms. The molecule has 1 amide bonds. The maximum Gasteiger partial charge on any atom is 0.223 e. The SMILES string of the molecule is CCc1ccc(OCCC(=O)NCc2csc(-c3ccccn3)n2)cc1. The molecular weight excluding hydrogens is 346 g/mol. The van der Waals surface area contributed by atoms with E-state index in [1.165, 1.54) is 16.9 Å². The van der Waals surface area contributed by atoms with Gasteiger partial charge in [0.15, 0.2) is 0 Å². The molecule has 1 aromatic carbocycles. The van der Waals surface area contributed by atoms with Crippen LogP contribution in [0.5, 0.6) is 5.75 Å². The predicted octanol–water partition coefficient (Wildman–Crippen LogP) is 3.85. The summed E-state index contributed by atoms with van der Waals surface area (Å²) in [7, 11) is 0. The number of amides is 1. The Kier molecular flexibility index (Phi) is 6.33. The Morgan fingerprint density at radius 2 is 2.04 bits per heavy atom. The largest absolute Gasteiger partial charge is 0.493 e. The molecule has 0 fully saturated rings. The highest BCUT2D eigenvalue weighted by Gasteiger charge is 2.07. The van der Waals surface area contributed by atoms with Crippen LogP contribution in [0.3, 0.4) is 0 Å². The molecule has 0 aliphatic rings. The highest BCUT2D eigenvalue weighted by atomic mass is 32.1. The number of carbonyl (C=O) groups is 1. The first kappa shape index (κ1) is 18.1. The van der Waals surface area contributed by atoms with E-state index in [4.69, 9.17) is 4.74 Å². The average Bonchev–Trinajstić information content (AvgIpc) is 3.17. The number of benzene rings is 1. The van der Waals surface area contributed by atoms with Gasteiger partial charge in [0.05, 0.1) is 31.0 Å². The van der Waals surface area contributed by atoms with Gasteiger partial charge in [0, 0.05) is 11.6 Å². The Bertz CT molecular complexity index is 832. The molecule has 2 heterocycles. The molecular formula is C20H21N3O2S. The molecule has 0 aliphatic carbocycles. The van der Waals surface area contributed by atoms with Gasteiger partial charge in [-0.2, -0.15) is 0 Å². The molecule has 3 aromatic rings. The molecule has 0 saturated carbocycles. The van der Waals surface area contributed by atoms with Gasteiger partial charge in [-0.15, -0.1) is 11.3 Å². The Balaban J connectivity index is 1.40. The molecule has 0 bridgehead atoms. The molecule has 0 aliphatic heterocycles. The maximum absolute atomic E-state index is 12.0. The van der Waals surface area contributed by atoms with Crippen molar-refractivity contribution >= 4 is 17.2 Å². The van der Waals surface area contributed by atoms with Crippen molar-refractivity contribution in [2.45, 2.75) is 26.3 Å². The Labute approximate surface area is 157 Å². The summed E-state index contributed by atoms with van der Waals surface area (Å²) in [5.41, 5.74) is 2.95. The lowest BCUT2D eigenvalue weighted by Gasteiger charge is -2.07. The van der Waals surface area contributed by atoms with Gasteiger partial charge >= 0.3 is 0 Å². The summed E-state index contributed by atoms with van der Waals surface area (Å²) in [6, 6.07) is 13.7. The van der Waals surface area contributed by atoms with Crippen molar-refractivity contribution in [1.29, 1.82) is 0 Å². The van der Waals surface area contributed by atoms with Crippen LogP contribution in [-0.2, 0) is 17.8 Å². The first-order valence-corrected chi connectivity index (χ1v) is 9.47. The number of ether oxygens (including phenoxy) is 1. The Morgan fingerprint density at radius 1 is 1.19 bits per heavy atom. The van der Waals surface area contributed by atoms with E-state index in [0.29, 0.717) is 19.6 Å². The molecule has 0 atom stereocenters. The van der Waals surface area contributed by atoms with E-state index < -0.39 is 0 Å². The minimum atomic E-state index is -0.0532. The zero-order valence-electron chi connectivity index (χ0n) is 14.6. The van der Waals surface area contributed by atoms with Crippen molar-refractivity contribution in [1.82, 2.24) is 15.3 Å². The first-order valence-electron chi connectivity index (χ1n) is 8.59. The summed E-state index contributed by atoms with van der Waals surface area (Å²) in [6.45, 7) is 2.88. The molecule has 6 heteroatoms. The standard InChI is InChI=1S/C20H21N3O2S/c1-2-15-6-8-17(9-7-15)25-12-10-19(24)22-13-16-14-26-20(23-16)18-5-3-4-11-21-18/h3-9,11,14H,2,10,12-13H2,1H3,(H,22,24). The third-order valence-corrected chi connectivity index (χ3v) is 4.75. The second-order valence-electron chi connectivity index (χ2n) is 5.73. The van der Waals surface area contributed by atoms with Crippen LogP contribution in [0.1, 0.15) is 24.6 Å². The summed E-state index contributed by atoms with van der Waals surface area (Å²) in [4.78, 5) is 20.7. The van der Waals surface area contributed by atoms with Crippen molar-refractivity contribution in [2.24, 2.45) is 0 Å². The number of carbonyl (C=O) groups excluding carboxylic acids is 1. The van der Waals surface area contributed by atoms with E-state index in [0.717, 1.165) is 28.6 Å². The van der Waals surface area contributed by atoms with Crippen molar-refractivity contribution in [3.8, 4) is 16.5 Å². The molecule has 26 heavy (non-hydrogen) atoms. The minimum Gasteiger partial charge on any atom is -0.493 e. The fraction of sp³-hybridized carbons (Fsp3) is 0.250. The van der Waals surface area contributed by atoms with E-state index in [9.17, 15) is 4.79 Å². The number of nitrogens with zero attached hydrogens (tertiary/aromatic N) is 2. The molecule has 0 radical (unpaired) electrons. The van der Waals surface area contributed by atoms with Gasteiger partial charge in [0.25, 0.3) is 0 Å². The molecule has 0 saturated heterocycles. The second-order valence-corrected chi connectivity index (χ2v) is 6.59. The lowest BCUT2D eigenvalue weighted by atomic mass is 10.2. The monoisotopic (exact) mass is 367 g/mol. The van der Waals surface area contributed by atoms with Gasteiger partial charge < -0.3 is 10.1 Å². The van der Waals surface area contributed by atoms with Gasteiger partial charge in [0.1, 0.15) is 10.8 Å². The van der Waals surface area contributed by atoms with E-state index in [2.05, 4.69) is 22.2 Å². The molecule has 0 unspecified atom stereocenters. The van der Waals surface area contributed by atoms with E-state index in [1.807, 2.05) is 47.8 Å². The van der Waals surface area contributed by atoms with Gasteiger partial charge in [-0.05, 0) is 36.2 Å². The third-order valence-electron chi connectivity index (χ3n) is 3.83. The zero-order chi connectivity index (χ0) is 18.2. The Morgan fingerprint density at radius 3 is 2.77 bits per heavy atom. The van der Waals surface area contributed by atoms with Crippen molar-refractivity contribution in [3.63, 3.8) is 0 Å². The van der Waals surface area contributed by atoms with Crippen LogP contribution in [0.2, 0.25) is 0 Å². The van der Waals surface area contributed by atoms with Crippen LogP contribution in [0.25, 0.3) is 10.7 Å². The number of rotatable bonds is 8. The summed E-state index contributed by atoms with van der Waals surface area (Å²) in [5.74, 6) is 0.733. The molecule has 1 N–H and O–H groups in total. The maximum atomic E-state index is 12.0. The van der Waals surface area contributed by atoms with Crippen LogP contribution in [0.15, 0.2) is 54.0 Å². The zero-order valence-corrected chi connectivity index (χ0v) is 15.5. The second kappa shape index (κ2) is 9.10. The molecule has 5 nitrogen and oxygen atoms in total. The fourth-order valence-electron chi connectivity index (χ4n) is 2.36. The number of pyridine rings is 1. The number of hydrogen-bond acceptors (Lipinski definition) is 5. The van der Waals surface area contributed by atoms with Gasteiger partial charge in [-0.25, -0.2) is 4.98 Å². The highest BCUT2D eigenvalue weighted by Crippen LogP contribution is 2.21. The predicted molar refractivity (Wildman–Crippen MR) is 103 cm³/mol. The minimum absolute atomic E-state index is 0.0532.